The molecule has 0 bridgehead atoms. The molecule has 1 aromatic carbocycles. The zero-order chi connectivity index (χ0) is 12.0. The zero-order valence-corrected chi connectivity index (χ0v) is 9.03. The molecule has 1 aromatic rings. The van der Waals surface area contributed by atoms with Crippen molar-refractivity contribution in [1.82, 2.24) is 5.32 Å². The Hall–Kier alpha value is -1.62. The van der Waals surface area contributed by atoms with Gasteiger partial charge in [0.1, 0.15) is 5.82 Å². The maximum Gasteiger partial charge on any atom is 0.319 e. The summed E-state index contributed by atoms with van der Waals surface area (Å²) in [4.78, 5) is 11.4. The van der Waals surface area contributed by atoms with E-state index in [1.165, 1.54) is 12.1 Å². The van der Waals surface area contributed by atoms with E-state index in [0.717, 1.165) is 0 Å². The zero-order valence-electron chi connectivity index (χ0n) is 9.03. The topological polar surface area (TPSA) is 61.4 Å². The third kappa shape index (κ3) is 3.86. The Bertz CT molecular complexity index is 358. The first-order valence-electron chi connectivity index (χ1n) is 5.06. The number of rotatable bonds is 4. The van der Waals surface area contributed by atoms with Gasteiger partial charge in [-0.25, -0.2) is 9.18 Å². The summed E-state index contributed by atoms with van der Waals surface area (Å²) in [6.45, 7) is 1.76. The highest BCUT2D eigenvalue weighted by Gasteiger charge is 2.08. The highest BCUT2D eigenvalue weighted by atomic mass is 19.1. The molecular weight excluding hydrogens is 211 g/mol. The van der Waals surface area contributed by atoms with E-state index in [4.69, 9.17) is 5.11 Å². The first-order valence-corrected chi connectivity index (χ1v) is 5.06. The number of hydrogen-bond donors (Lipinski definition) is 3. The summed E-state index contributed by atoms with van der Waals surface area (Å²) >= 11 is 0. The number of carbonyl (C=O) groups is 1. The van der Waals surface area contributed by atoms with Crippen LogP contribution in [-0.4, -0.2) is 23.8 Å². The Morgan fingerprint density at radius 1 is 1.50 bits per heavy atom. The lowest BCUT2D eigenvalue weighted by Crippen LogP contribution is -2.36. The van der Waals surface area contributed by atoms with Crippen LogP contribution in [0.5, 0.6) is 0 Å². The van der Waals surface area contributed by atoms with Crippen molar-refractivity contribution in [3.63, 3.8) is 0 Å². The van der Waals surface area contributed by atoms with E-state index < -0.39 is 11.8 Å². The minimum atomic E-state index is -0.481. The maximum atomic E-state index is 13.2. The van der Waals surface area contributed by atoms with Crippen molar-refractivity contribution >= 4 is 11.7 Å². The van der Waals surface area contributed by atoms with Gasteiger partial charge >= 0.3 is 6.03 Å². The molecule has 0 aromatic heterocycles. The summed E-state index contributed by atoms with van der Waals surface area (Å²) in [5.74, 6) is -0.479. The fourth-order valence-electron chi connectivity index (χ4n) is 1.21. The number of hydrogen-bond acceptors (Lipinski definition) is 2. The van der Waals surface area contributed by atoms with Crippen molar-refractivity contribution in [2.24, 2.45) is 0 Å². The minimum absolute atomic E-state index is 0.00114. The second-order valence-electron chi connectivity index (χ2n) is 3.49. The Labute approximate surface area is 93.5 Å². The molecule has 0 spiro atoms. The molecule has 16 heavy (non-hydrogen) atoms. The largest absolute Gasteiger partial charge is 0.396 e. The number of anilines is 1. The molecule has 5 heteroatoms. The van der Waals surface area contributed by atoms with Crippen molar-refractivity contribution in [2.75, 3.05) is 11.9 Å². The van der Waals surface area contributed by atoms with E-state index >= 15 is 0 Å². The van der Waals surface area contributed by atoms with Crippen LogP contribution in [0, 0.1) is 5.82 Å². The molecule has 0 aliphatic rings. The van der Waals surface area contributed by atoms with E-state index in [9.17, 15) is 9.18 Å². The van der Waals surface area contributed by atoms with E-state index in [-0.39, 0.29) is 18.3 Å². The lowest BCUT2D eigenvalue weighted by Gasteiger charge is -2.13. The number of para-hydroxylation sites is 1. The molecule has 3 N–H and O–H groups in total. The summed E-state index contributed by atoms with van der Waals surface area (Å²) in [5, 5.41) is 13.6. The van der Waals surface area contributed by atoms with E-state index in [1.807, 2.05) is 0 Å². The van der Waals surface area contributed by atoms with Crippen molar-refractivity contribution in [3.05, 3.63) is 30.1 Å². The third-order valence-electron chi connectivity index (χ3n) is 2.06. The molecule has 0 aliphatic carbocycles. The van der Waals surface area contributed by atoms with Gasteiger partial charge in [-0.1, -0.05) is 12.1 Å². The summed E-state index contributed by atoms with van der Waals surface area (Å²) in [6.07, 6.45) is 0.463. The number of benzene rings is 1. The van der Waals surface area contributed by atoms with Gasteiger partial charge in [-0.2, -0.15) is 0 Å². The first-order chi connectivity index (χ1) is 7.63. The van der Waals surface area contributed by atoms with Crippen LogP contribution in [0.25, 0.3) is 0 Å². The van der Waals surface area contributed by atoms with Crippen LogP contribution in [0.15, 0.2) is 24.3 Å². The molecule has 0 radical (unpaired) electrons. The SMILES string of the molecule is CC(CCO)NC(=O)Nc1ccccc1F. The van der Waals surface area contributed by atoms with Crippen molar-refractivity contribution < 1.29 is 14.3 Å². The van der Waals surface area contributed by atoms with Crippen molar-refractivity contribution in [1.29, 1.82) is 0 Å². The molecule has 0 saturated carbocycles. The molecule has 4 nitrogen and oxygen atoms in total. The summed E-state index contributed by atoms with van der Waals surface area (Å²) < 4.78 is 13.2. The van der Waals surface area contributed by atoms with Gasteiger partial charge < -0.3 is 15.7 Å². The van der Waals surface area contributed by atoms with Crippen LogP contribution in [-0.2, 0) is 0 Å². The Morgan fingerprint density at radius 3 is 2.81 bits per heavy atom. The fraction of sp³-hybridized carbons (Fsp3) is 0.364. The number of urea groups is 1. The second kappa shape index (κ2) is 6.07. The van der Waals surface area contributed by atoms with Crippen LogP contribution < -0.4 is 10.6 Å². The molecule has 0 saturated heterocycles. The number of carbonyl (C=O) groups excluding carboxylic acids is 1. The normalized spacial score (nSPS) is 11.9. The third-order valence-corrected chi connectivity index (χ3v) is 2.06. The lowest BCUT2D eigenvalue weighted by atomic mass is 10.2. The van der Waals surface area contributed by atoms with Gasteiger partial charge in [-0.3, -0.25) is 0 Å². The van der Waals surface area contributed by atoms with Crippen LogP contribution in [0.4, 0.5) is 14.9 Å². The van der Waals surface area contributed by atoms with Crippen molar-refractivity contribution in [3.8, 4) is 0 Å². The average molecular weight is 226 g/mol. The highest BCUT2D eigenvalue weighted by molar-refractivity contribution is 5.89. The van der Waals surface area contributed by atoms with Crippen LogP contribution in [0.1, 0.15) is 13.3 Å². The first kappa shape index (κ1) is 12.4. The molecule has 1 unspecified atom stereocenters. The summed E-state index contributed by atoms with van der Waals surface area (Å²) in [5.41, 5.74) is 0.135. The van der Waals surface area contributed by atoms with Gasteiger partial charge in [-0.15, -0.1) is 0 Å². The van der Waals surface area contributed by atoms with E-state index in [2.05, 4.69) is 10.6 Å². The quantitative estimate of drug-likeness (QED) is 0.732. The number of amides is 2. The van der Waals surface area contributed by atoms with Crippen LogP contribution in [0.2, 0.25) is 0 Å². The number of aliphatic hydroxyl groups is 1. The van der Waals surface area contributed by atoms with E-state index in [1.54, 1.807) is 19.1 Å². The average Bonchev–Trinajstić information content (AvgIpc) is 2.21. The number of nitrogens with one attached hydrogen (secondary N) is 2. The second-order valence-corrected chi connectivity index (χ2v) is 3.49. The highest BCUT2D eigenvalue weighted by Crippen LogP contribution is 2.11. The Balaban J connectivity index is 2.49. The lowest BCUT2D eigenvalue weighted by molar-refractivity contribution is 0.241. The Kier molecular flexibility index (Phi) is 4.72. The van der Waals surface area contributed by atoms with Crippen LogP contribution >= 0.6 is 0 Å². The number of aliphatic hydroxyl groups excluding tert-OH is 1. The monoisotopic (exact) mass is 226 g/mol. The maximum absolute atomic E-state index is 13.2. The fourth-order valence-corrected chi connectivity index (χ4v) is 1.21. The molecule has 88 valence electrons. The van der Waals surface area contributed by atoms with Gasteiger partial charge in [0.15, 0.2) is 0 Å². The number of halogens is 1. The Morgan fingerprint density at radius 2 is 2.19 bits per heavy atom. The standard InChI is InChI=1S/C11H15FN2O2/c1-8(6-7-15)13-11(16)14-10-5-3-2-4-9(10)12/h2-5,8,15H,6-7H2,1H3,(H2,13,14,16). The van der Waals surface area contributed by atoms with Gasteiger partial charge in [0.05, 0.1) is 5.69 Å². The molecule has 2 amide bonds. The molecule has 0 heterocycles. The molecule has 1 atom stereocenters. The van der Waals surface area contributed by atoms with Gasteiger partial charge in [0.2, 0.25) is 0 Å². The van der Waals surface area contributed by atoms with Crippen LogP contribution in [0.3, 0.4) is 0 Å². The minimum Gasteiger partial charge on any atom is -0.396 e. The van der Waals surface area contributed by atoms with Crippen molar-refractivity contribution in [2.45, 2.75) is 19.4 Å². The molecule has 0 aliphatic heterocycles. The van der Waals surface area contributed by atoms with Gasteiger partial charge in [0, 0.05) is 12.6 Å². The predicted octanol–water partition coefficient (Wildman–Crippen LogP) is 1.72. The predicted molar refractivity (Wildman–Crippen MR) is 59.7 cm³/mol. The summed E-state index contributed by atoms with van der Waals surface area (Å²) in [7, 11) is 0. The van der Waals surface area contributed by atoms with E-state index in [0.29, 0.717) is 6.42 Å². The summed E-state index contributed by atoms with van der Waals surface area (Å²) in [6, 6.07) is 5.30. The molecular formula is C11H15FN2O2. The van der Waals surface area contributed by atoms with Gasteiger partial charge in [0.25, 0.3) is 0 Å². The smallest absolute Gasteiger partial charge is 0.319 e. The molecule has 0 fully saturated rings. The van der Waals surface area contributed by atoms with Gasteiger partial charge in [-0.05, 0) is 25.5 Å². The molecule has 1 rings (SSSR count).